The van der Waals surface area contributed by atoms with Crippen molar-refractivity contribution < 1.29 is 13.2 Å². The summed E-state index contributed by atoms with van der Waals surface area (Å²) in [5, 5.41) is 6.15. The Bertz CT molecular complexity index is 612. The van der Waals surface area contributed by atoms with E-state index in [0.717, 1.165) is 25.6 Å². The van der Waals surface area contributed by atoms with Gasteiger partial charge < -0.3 is 10.6 Å². The van der Waals surface area contributed by atoms with Crippen molar-refractivity contribution in [2.24, 2.45) is 0 Å². The molecule has 0 saturated carbocycles. The highest BCUT2D eigenvalue weighted by molar-refractivity contribution is 7.92. The third-order valence-corrected chi connectivity index (χ3v) is 3.84. The topological polar surface area (TPSA) is 87.3 Å². The molecule has 0 aliphatic carbocycles. The summed E-state index contributed by atoms with van der Waals surface area (Å²) in [5.41, 5.74) is 0.741. The van der Waals surface area contributed by atoms with E-state index in [4.69, 9.17) is 11.6 Å². The molecule has 3 N–H and O–H groups in total. The van der Waals surface area contributed by atoms with Gasteiger partial charge in [-0.25, -0.2) is 8.42 Å². The van der Waals surface area contributed by atoms with Crippen LogP contribution in [0.4, 0.5) is 11.4 Å². The van der Waals surface area contributed by atoms with Gasteiger partial charge in [0.15, 0.2) is 0 Å². The summed E-state index contributed by atoms with van der Waals surface area (Å²) in [5.74, 6) is -0.166. The lowest BCUT2D eigenvalue weighted by molar-refractivity contribution is -0.117. The van der Waals surface area contributed by atoms with Crippen molar-refractivity contribution in [3.63, 3.8) is 0 Å². The van der Waals surface area contributed by atoms with Gasteiger partial charge in [-0.3, -0.25) is 9.52 Å². The van der Waals surface area contributed by atoms with Crippen LogP contribution in [0.3, 0.4) is 0 Å². The van der Waals surface area contributed by atoms with Gasteiger partial charge in [0.05, 0.1) is 28.7 Å². The van der Waals surface area contributed by atoms with Crippen LogP contribution in [0.1, 0.15) is 12.8 Å². The smallest absolute Gasteiger partial charge is 0.241 e. The van der Waals surface area contributed by atoms with Gasteiger partial charge in [0.2, 0.25) is 15.9 Å². The van der Waals surface area contributed by atoms with Crippen LogP contribution in [-0.4, -0.2) is 33.2 Å². The van der Waals surface area contributed by atoms with Gasteiger partial charge in [-0.15, -0.1) is 0 Å². The van der Waals surface area contributed by atoms with E-state index >= 15 is 0 Å². The molecular weight excluding hydrogens is 302 g/mol. The molecule has 1 amide bonds. The molecule has 110 valence electrons. The number of benzene rings is 1. The predicted molar refractivity (Wildman–Crippen MR) is 79.6 cm³/mol. The number of hydrogen-bond acceptors (Lipinski definition) is 4. The number of nitrogens with one attached hydrogen (secondary N) is 3. The van der Waals surface area contributed by atoms with Crippen molar-refractivity contribution in [2.75, 3.05) is 22.8 Å². The molecule has 1 aliphatic heterocycles. The molecule has 20 heavy (non-hydrogen) atoms. The summed E-state index contributed by atoms with van der Waals surface area (Å²) in [4.78, 5) is 12.0. The van der Waals surface area contributed by atoms with Crippen molar-refractivity contribution in [2.45, 2.75) is 18.9 Å². The second-order valence-corrected chi connectivity index (χ2v) is 6.86. The summed E-state index contributed by atoms with van der Waals surface area (Å²) < 4.78 is 24.7. The van der Waals surface area contributed by atoms with Crippen LogP contribution in [0.15, 0.2) is 18.2 Å². The molecule has 1 aromatic carbocycles. The number of sulfonamides is 1. The first kappa shape index (κ1) is 15.1. The van der Waals surface area contributed by atoms with E-state index in [1.807, 2.05) is 0 Å². The highest BCUT2D eigenvalue weighted by Crippen LogP contribution is 2.26. The third kappa shape index (κ3) is 4.09. The zero-order chi connectivity index (χ0) is 14.8. The Hall–Kier alpha value is -1.31. The van der Waals surface area contributed by atoms with Crippen LogP contribution < -0.4 is 15.4 Å². The monoisotopic (exact) mass is 317 g/mol. The first-order valence-electron chi connectivity index (χ1n) is 6.17. The first-order chi connectivity index (χ1) is 9.35. The number of rotatable bonds is 4. The normalized spacial score (nSPS) is 18.8. The molecule has 1 atom stereocenters. The van der Waals surface area contributed by atoms with Crippen LogP contribution in [-0.2, 0) is 14.8 Å². The largest absolute Gasteiger partial charge is 0.323 e. The summed E-state index contributed by atoms with van der Waals surface area (Å²) in [6.45, 7) is 0.821. The lowest BCUT2D eigenvalue weighted by Gasteiger charge is -2.13. The zero-order valence-corrected chi connectivity index (χ0v) is 12.5. The summed E-state index contributed by atoms with van der Waals surface area (Å²) in [7, 11) is -3.37. The zero-order valence-electron chi connectivity index (χ0n) is 10.9. The summed E-state index contributed by atoms with van der Waals surface area (Å²) in [6.07, 6.45) is 2.80. The van der Waals surface area contributed by atoms with E-state index in [2.05, 4.69) is 15.4 Å². The van der Waals surface area contributed by atoms with E-state index in [1.165, 1.54) is 18.2 Å². The molecule has 1 fully saturated rings. The quantitative estimate of drug-likeness (QED) is 0.783. The fraction of sp³-hybridized carbons (Fsp3) is 0.417. The maximum atomic E-state index is 12.0. The Morgan fingerprint density at radius 1 is 1.45 bits per heavy atom. The molecule has 1 saturated heterocycles. The van der Waals surface area contributed by atoms with Crippen LogP contribution in [0.5, 0.6) is 0 Å². The number of halogens is 1. The SMILES string of the molecule is CS(=O)(=O)Nc1ccc(Cl)c(NC(=O)[C@H]2CCCN2)c1. The van der Waals surface area contributed by atoms with Crippen molar-refractivity contribution >= 4 is 38.9 Å². The van der Waals surface area contributed by atoms with Gasteiger partial charge in [-0.05, 0) is 37.6 Å². The second kappa shape index (κ2) is 5.99. The van der Waals surface area contributed by atoms with Gasteiger partial charge in [-0.1, -0.05) is 11.6 Å². The van der Waals surface area contributed by atoms with Crippen LogP contribution in [0.25, 0.3) is 0 Å². The van der Waals surface area contributed by atoms with Crippen molar-refractivity contribution in [3.05, 3.63) is 23.2 Å². The van der Waals surface area contributed by atoms with Gasteiger partial charge in [0, 0.05) is 0 Å². The van der Waals surface area contributed by atoms with Gasteiger partial charge in [-0.2, -0.15) is 0 Å². The highest BCUT2D eigenvalue weighted by atomic mass is 35.5. The molecule has 0 bridgehead atoms. The number of hydrogen-bond donors (Lipinski definition) is 3. The van der Waals surface area contributed by atoms with Gasteiger partial charge >= 0.3 is 0 Å². The number of carbonyl (C=O) groups is 1. The molecule has 1 aliphatic rings. The molecule has 0 spiro atoms. The van der Waals surface area contributed by atoms with E-state index in [-0.39, 0.29) is 11.9 Å². The van der Waals surface area contributed by atoms with Crippen LogP contribution in [0.2, 0.25) is 5.02 Å². The predicted octanol–water partition coefficient (Wildman–Crippen LogP) is 1.40. The Balaban J connectivity index is 2.14. The maximum Gasteiger partial charge on any atom is 0.241 e. The molecule has 2 rings (SSSR count). The Kier molecular flexibility index (Phi) is 4.52. The van der Waals surface area contributed by atoms with Gasteiger partial charge in [0.1, 0.15) is 0 Å². The van der Waals surface area contributed by atoms with E-state index < -0.39 is 10.0 Å². The van der Waals surface area contributed by atoms with E-state index in [9.17, 15) is 13.2 Å². The molecule has 1 heterocycles. The standard InChI is InChI=1S/C12H16ClN3O3S/c1-20(18,19)16-8-4-5-9(13)11(7-8)15-12(17)10-3-2-6-14-10/h4-5,7,10,14,16H,2-3,6H2,1H3,(H,15,17)/t10-/m1/s1. The lowest BCUT2D eigenvalue weighted by Crippen LogP contribution is -2.35. The molecule has 8 heteroatoms. The fourth-order valence-electron chi connectivity index (χ4n) is 2.03. The minimum absolute atomic E-state index is 0.166. The van der Waals surface area contributed by atoms with Crippen LogP contribution in [0, 0.1) is 0 Å². The lowest BCUT2D eigenvalue weighted by atomic mass is 10.2. The molecular formula is C12H16ClN3O3S. The summed E-state index contributed by atoms with van der Waals surface area (Å²) >= 11 is 6.01. The third-order valence-electron chi connectivity index (χ3n) is 2.90. The Morgan fingerprint density at radius 3 is 2.80 bits per heavy atom. The Labute approximate surface area is 122 Å². The molecule has 0 aromatic heterocycles. The number of carbonyl (C=O) groups excluding carboxylic acids is 1. The first-order valence-corrected chi connectivity index (χ1v) is 8.44. The van der Waals surface area contributed by atoms with Crippen molar-refractivity contribution in [1.29, 1.82) is 0 Å². The average molecular weight is 318 g/mol. The maximum absolute atomic E-state index is 12.0. The van der Waals surface area contributed by atoms with E-state index in [0.29, 0.717) is 16.4 Å². The van der Waals surface area contributed by atoms with Crippen molar-refractivity contribution in [3.8, 4) is 0 Å². The summed E-state index contributed by atoms with van der Waals surface area (Å²) in [6, 6.07) is 4.34. The van der Waals surface area contributed by atoms with E-state index in [1.54, 1.807) is 0 Å². The number of anilines is 2. The molecule has 0 radical (unpaired) electrons. The highest BCUT2D eigenvalue weighted by Gasteiger charge is 2.22. The fourth-order valence-corrected chi connectivity index (χ4v) is 2.75. The Morgan fingerprint density at radius 2 is 2.20 bits per heavy atom. The van der Waals surface area contributed by atoms with Crippen LogP contribution >= 0.6 is 11.6 Å². The number of amides is 1. The minimum Gasteiger partial charge on any atom is -0.323 e. The second-order valence-electron chi connectivity index (χ2n) is 4.71. The average Bonchev–Trinajstić information content (AvgIpc) is 2.85. The minimum atomic E-state index is -3.37. The molecule has 6 nitrogen and oxygen atoms in total. The van der Waals surface area contributed by atoms with Gasteiger partial charge in [0.25, 0.3) is 0 Å². The molecule has 1 aromatic rings. The molecule has 0 unspecified atom stereocenters. The van der Waals surface area contributed by atoms with Crippen molar-refractivity contribution in [1.82, 2.24) is 5.32 Å².